The van der Waals surface area contributed by atoms with Crippen molar-refractivity contribution in [2.75, 3.05) is 0 Å². The molecule has 0 amide bonds. The van der Waals surface area contributed by atoms with Gasteiger partial charge in [0.2, 0.25) is 0 Å². The predicted molar refractivity (Wildman–Crippen MR) is 361 cm³/mol. The van der Waals surface area contributed by atoms with Gasteiger partial charge in [-0.15, -0.1) is 0 Å². The summed E-state index contributed by atoms with van der Waals surface area (Å²) in [4.78, 5) is 2.22. The molecule has 0 heterocycles. The van der Waals surface area contributed by atoms with E-state index in [0.29, 0.717) is 52.8 Å². The minimum absolute atomic E-state index is 0.362. The van der Waals surface area contributed by atoms with Crippen molar-refractivity contribution >= 4 is 15.9 Å². The minimum Gasteiger partial charge on any atom is -0.392 e. The second kappa shape index (κ2) is 28.9. The fraction of sp³-hybridized carbons (Fsp3) is 0.818. The van der Waals surface area contributed by atoms with Crippen molar-refractivity contribution in [2.45, 2.75) is 319 Å². The van der Waals surface area contributed by atoms with E-state index in [4.69, 9.17) is 0 Å². The van der Waals surface area contributed by atoms with Crippen LogP contribution in [-0.2, 0) is 0 Å². The molecule has 16 atom stereocenters. The Hall–Kier alpha value is -1.62. The summed E-state index contributed by atoms with van der Waals surface area (Å²) in [6.07, 6.45) is 36.6. The minimum atomic E-state index is -0.701. The first-order valence-electron chi connectivity index (χ1n) is 34.7. The molecule has 8 heteroatoms. The lowest BCUT2D eigenvalue weighted by atomic mass is 9.60. The highest BCUT2D eigenvalue weighted by Crippen LogP contribution is 2.63. The second-order valence-corrected chi connectivity index (χ2v) is 34.3. The summed E-state index contributed by atoms with van der Waals surface area (Å²) in [6, 6.07) is 0. The molecule has 8 saturated carbocycles. The number of hydrogen-bond acceptors (Lipinski definition) is 7. The Morgan fingerprint density at radius 3 is 1.04 bits per heavy atom. The molecule has 486 valence electrons. The van der Waals surface area contributed by atoms with Gasteiger partial charge in [-0.1, -0.05) is 178 Å². The fourth-order valence-corrected chi connectivity index (χ4v) is 19.9. The van der Waals surface area contributed by atoms with Crippen molar-refractivity contribution in [1.29, 1.82) is 0 Å². The standard InChI is InChI=1S/2C29H48O3.C19H33BrO/c2*1-19(10-8-16-27(3,4)32)23-14-15-24-21(11-9-17-29(23,24)7)12-13-22-18-25(30)28(5,6)26(31)20(22)2;1-14(7-5-11-18(2,3)21)16-9-10-17-15(13-20)8-6-12-19(16,17)4/h2*12-13,19,23-26,30-32H,2,8-11,14-18H2,1,3-7H3;13-14,16-17,21H,5-12H2,1-4H3/b2*21-12+,22-13-;15-13+/t2*19-,23?,24?,25-,26-,29-;14-,16?,17?,19-/m111/s1. The SMILES string of the molecule is C=C1/C(=C\C=C2/CCC[C@@]3(C)C2CCC3[C@H](C)CCCC(C)(C)O)C[C@@H](O)C(C)(C)[C@@H]1O.C=C1/C(=C\C=C2/CCC[C@@]3(C)C2CCC3[C@H](C)CCCC(C)(C)O)C[C@@H](O)C(C)(C)[C@@H]1O.C[C@H](CCCC(C)(C)O)C1CCC2/C(=C/Br)CCC[C@@]21C. The lowest BCUT2D eigenvalue weighted by molar-refractivity contribution is -0.0406. The van der Waals surface area contributed by atoms with Crippen LogP contribution < -0.4 is 0 Å². The van der Waals surface area contributed by atoms with Crippen LogP contribution in [0.4, 0.5) is 0 Å². The van der Waals surface area contributed by atoms with Crippen LogP contribution in [0.2, 0.25) is 0 Å². The van der Waals surface area contributed by atoms with E-state index in [-0.39, 0.29) is 0 Å². The Kier molecular flexibility index (Phi) is 24.6. The summed E-state index contributed by atoms with van der Waals surface area (Å²) in [5.41, 5.74) is 6.82. The first kappa shape index (κ1) is 72.4. The molecule has 8 aliphatic rings. The molecule has 85 heavy (non-hydrogen) atoms. The summed E-state index contributed by atoms with van der Waals surface area (Å²) >= 11 is 3.60. The van der Waals surface area contributed by atoms with Gasteiger partial charge >= 0.3 is 0 Å². The second-order valence-electron chi connectivity index (χ2n) is 33.8. The van der Waals surface area contributed by atoms with E-state index in [1.54, 1.807) is 16.7 Å². The van der Waals surface area contributed by atoms with Gasteiger partial charge in [-0.2, -0.15) is 0 Å². The molecule has 7 N–H and O–H groups in total. The maximum atomic E-state index is 10.7. The monoisotopic (exact) mass is 1240 g/mol. The third kappa shape index (κ3) is 17.3. The normalized spacial score (nSPS) is 38.3. The number of aliphatic hydroxyl groups excluding tert-OH is 4. The van der Waals surface area contributed by atoms with Crippen molar-refractivity contribution in [3.63, 3.8) is 0 Å². The fourth-order valence-electron chi connectivity index (χ4n) is 19.3. The van der Waals surface area contributed by atoms with Gasteiger partial charge < -0.3 is 35.7 Å². The maximum Gasteiger partial charge on any atom is 0.0862 e. The van der Waals surface area contributed by atoms with Crippen molar-refractivity contribution in [2.24, 2.45) is 80.3 Å². The lowest BCUT2D eigenvalue weighted by Gasteiger charge is -2.44. The first-order chi connectivity index (χ1) is 39.3. The lowest BCUT2D eigenvalue weighted by Crippen LogP contribution is -2.45. The van der Waals surface area contributed by atoms with Crippen molar-refractivity contribution in [1.82, 2.24) is 0 Å². The zero-order chi connectivity index (χ0) is 63.5. The summed E-state index contributed by atoms with van der Waals surface area (Å²) in [5.74, 6) is 6.62. The van der Waals surface area contributed by atoms with E-state index in [1.165, 1.54) is 103 Å². The van der Waals surface area contributed by atoms with Gasteiger partial charge in [-0.05, 0) is 267 Å². The molecule has 8 aliphatic carbocycles. The Bertz CT molecular complexity index is 2270. The summed E-state index contributed by atoms with van der Waals surface area (Å²) in [7, 11) is 0. The highest BCUT2D eigenvalue weighted by Gasteiger charge is 2.54. The highest BCUT2D eigenvalue weighted by molar-refractivity contribution is 9.11. The van der Waals surface area contributed by atoms with E-state index in [1.807, 2.05) is 69.2 Å². The number of fused-ring (bicyclic) bond motifs is 3. The average Bonchev–Trinajstić information content (AvgIpc) is 2.31. The van der Waals surface area contributed by atoms with E-state index in [0.717, 1.165) is 103 Å². The Morgan fingerprint density at radius 1 is 0.471 bits per heavy atom. The van der Waals surface area contributed by atoms with Crippen LogP contribution in [0.5, 0.6) is 0 Å². The van der Waals surface area contributed by atoms with E-state index in [9.17, 15) is 35.7 Å². The molecule has 0 aromatic heterocycles. The summed E-state index contributed by atoms with van der Waals surface area (Å²) in [5, 5.41) is 72.5. The van der Waals surface area contributed by atoms with Crippen LogP contribution in [0.1, 0.15) is 278 Å². The van der Waals surface area contributed by atoms with Gasteiger partial charge in [0.15, 0.2) is 0 Å². The van der Waals surface area contributed by atoms with Crippen LogP contribution >= 0.6 is 15.9 Å². The highest BCUT2D eigenvalue weighted by atomic mass is 79.9. The van der Waals surface area contributed by atoms with Gasteiger partial charge in [-0.25, -0.2) is 0 Å². The van der Waals surface area contributed by atoms with Gasteiger partial charge in [0.05, 0.1) is 41.2 Å². The van der Waals surface area contributed by atoms with Gasteiger partial charge in [0.1, 0.15) is 0 Å². The van der Waals surface area contributed by atoms with Crippen LogP contribution in [0.15, 0.2) is 81.5 Å². The molecule has 0 saturated heterocycles. The number of rotatable bonds is 17. The van der Waals surface area contributed by atoms with Crippen LogP contribution in [0.3, 0.4) is 0 Å². The molecule has 8 fully saturated rings. The Labute approximate surface area is 529 Å². The van der Waals surface area contributed by atoms with Crippen molar-refractivity contribution in [3.8, 4) is 0 Å². The molecule has 7 nitrogen and oxygen atoms in total. The molecule has 0 aromatic carbocycles. The van der Waals surface area contributed by atoms with Crippen molar-refractivity contribution < 1.29 is 35.7 Å². The number of allylic oxidation sites excluding steroid dienone is 7. The molecular formula is C77H129BrO7. The zero-order valence-corrected chi connectivity index (χ0v) is 58.8. The van der Waals surface area contributed by atoms with Crippen LogP contribution in [-0.4, -0.2) is 77.0 Å². The topological polar surface area (TPSA) is 142 Å². The van der Waals surface area contributed by atoms with Gasteiger partial charge in [-0.3, -0.25) is 0 Å². The van der Waals surface area contributed by atoms with E-state index >= 15 is 0 Å². The molecule has 8 rings (SSSR count). The number of aliphatic hydroxyl groups is 7. The predicted octanol–water partition coefficient (Wildman–Crippen LogP) is 18.7. The smallest absolute Gasteiger partial charge is 0.0862 e. The van der Waals surface area contributed by atoms with Gasteiger partial charge in [0, 0.05) is 10.8 Å². The third-order valence-corrected chi connectivity index (χ3v) is 25.7. The molecule has 0 aliphatic heterocycles. The molecule has 0 spiro atoms. The van der Waals surface area contributed by atoms with Crippen LogP contribution in [0.25, 0.3) is 0 Å². The zero-order valence-electron chi connectivity index (χ0n) is 57.2. The van der Waals surface area contributed by atoms with Gasteiger partial charge in [0.25, 0.3) is 0 Å². The maximum absolute atomic E-state index is 10.7. The molecule has 0 bridgehead atoms. The van der Waals surface area contributed by atoms with Crippen LogP contribution in [0, 0.1) is 80.3 Å². The van der Waals surface area contributed by atoms with E-state index in [2.05, 4.69) is 99.9 Å². The number of halogens is 1. The van der Waals surface area contributed by atoms with Crippen molar-refractivity contribution in [3.05, 3.63) is 81.5 Å². The molecule has 0 aromatic rings. The quantitative estimate of drug-likeness (QED) is 0.0769. The Balaban J connectivity index is 0.000000209. The number of hydrogen-bond donors (Lipinski definition) is 7. The largest absolute Gasteiger partial charge is 0.392 e. The molecule has 6 unspecified atom stereocenters. The average molecular weight is 1250 g/mol. The molecule has 0 radical (unpaired) electrons. The third-order valence-electron chi connectivity index (χ3n) is 25.1. The summed E-state index contributed by atoms with van der Waals surface area (Å²) < 4.78 is 0. The first-order valence-corrected chi connectivity index (χ1v) is 35.6. The molecular weight excluding hydrogens is 1120 g/mol. The summed E-state index contributed by atoms with van der Waals surface area (Å²) in [6.45, 7) is 42.4. The van der Waals surface area contributed by atoms with E-state index < -0.39 is 52.0 Å². The Morgan fingerprint density at radius 2 is 0.753 bits per heavy atom.